The lowest BCUT2D eigenvalue weighted by atomic mass is 10.1. The molecule has 0 aromatic heterocycles. The van der Waals surface area contributed by atoms with Gasteiger partial charge in [0, 0.05) is 19.4 Å². The zero-order chi connectivity index (χ0) is 58.7. The molecule has 0 amide bonds. The normalized spacial score (nSPS) is 14.1. The van der Waals surface area contributed by atoms with Crippen LogP contribution in [-0.2, 0) is 32.7 Å². The summed E-state index contributed by atoms with van der Waals surface area (Å²) in [4.78, 5) is 35.2. The van der Waals surface area contributed by atoms with Crippen molar-refractivity contribution in [1.29, 1.82) is 0 Å². The number of allylic oxidation sites excluding steroid dienone is 26. The number of phosphoric acid groups is 1. The molecule has 10 heteroatoms. The number of nitrogens with two attached hydrogens (primary N) is 1. The van der Waals surface area contributed by atoms with E-state index in [9.17, 15) is 19.0 Å². The van der Waals surface area contributed by atoms with Crippen LogP contribution in [0.25, 0.3) is 0 Å². The number of ether oxygens (including phenoxy) is 2. The smallest absolute Gasteiger partial charge is 0.462 e. The molecule has 0 radical (unpaired) electrons. The van der Waals surface area contributed by atoms with Gasteiger partial charge in [-0.25, -0.2) is 4.57 Å². The molecule has 0 aliphatic carbocycles. The van der Waals surface area contributed by atoms with Crippen LogP contribution in [0, 0.1) is 0 Å². The summed E-state index contributed by atoms with van der Waals surface area (Å²) >= 11 is 0. The monoisotopic (exact) mass is 1140 g/mol. The Kier molecular flexibility index (Phi) is 61.3. The van der Waals surface area contributed by atoms with Crippen LogP contribution in [0.3, 0.4) is 0 Å². The molecule has 0 fully saturated rings. The summed E-state index contributed by atoms with van der Waals surface area (Å²) in [6, 6.07) is 0. The van der Waals surface area contributed by atoms with Gasteiger partial charge in [-0.15, -0.1) is 0 Å². The summed E-state index contributed by atoms with van der Waals surface area (Å²) in [6.45, 7) is 3.58. The second-order valence-electron chi connectivity index (χ2n) is 20.5. The van der Waals surface area contributed by atoms with E-state index in [1.807, 2.05) is 0 Å². The Balaban J connectivity index is 4.05. The number of carbonyl (C=O) groups excluding carboxylic acids is 2. The van der Waals surface area contributed by atoms with Crippen LogP contribution in [0.1, 0.15) is 245 Å². The van der Waals surface area contributed by atoms with Gasteiger partial charge in [0.1, 0.15) is 6.61 Å². The summed E-state index contributed by atoms with van der Waals surface area (Å²) < 4.78 is 33.1. The first-order valence-electron chi connectivity index (χ1n) is 32.0. The van der Waals surface area contributed by atoms with Gasteiger partial charge in [-0.3, -0.25) is 18.6 Å². The van der Waals surface area contributed by atoms with Gasteiger partial charge in [-0.2, -0.15) is 0 Å². The summed E-state index contributed by atoms with van der Waals surface area (Å²) in [7, 11) is -4.41. The molecule has 0 aromatic rings. The molecule has 3 N–H and O–H groups in total. The molecule has 0 heterocycles. The van der Waals surface area contributed by atoms with Crippen LogP contribution in [-0.4, -0.2) is 49.3 Å². The summed E-state index contributed by atoms with van der Waals surface area (Å²) in [5.74, 6) is -0.863. The highest BCUT2D eigenvalue weighted by Crippen LogP contribution is 2.43. The van der Waals surface area contributed by atoms with E-state index in [0.717, 1.165) is 141 Å². The molecule has 0 saturated heterocycles. The lowest BCUT2D eigenvalue weighted by Gasteiger charge is -2.19. The highest BCUT2D eigenvalue weighted by Gasteiger charge is 2.26. The minimum Gasteiger partial charge on any atom is -0.462 e. The predicted octanol–water partition coefficient (Wildman–Crippen LogP) is 20.8. The Hall–Kier alpha value is -4.37. The van der Waals surface area contributed by atoms with Gasteiger partial charge in [-0.1, -0.05) is 262 Å². The summed E-state index contributed by atoms with van der Waals surface area (Å²) in [5, 5.41) is 0. The fourth-order valence-corrected chi connectivity index (χ4v) is 8.96. The minimum atomic E-state index is -4.41. The molecule has 0 bridgehead atoms. The third-order valence-corrected chi connectivity index (χ3v) is 13.9. The van der Waals surface area contributed by atoms with Crippen LogP contribution < -0.4 is 5.73 Å². The maximum atomic E-state index is 12.7. The lowest BCUT2D eigenvalue weighted by molar-refractivity contribution is -0.161. The van der Waals surface area contributed by atoms with E-state index in [1.165, 1.54) is 70.6 Å². The van der Waals surface area contributed by atoms with E-state index in [2.05, 4.69) is 172 Å². The van der Waals surface area contributed by atoms with Crippen molar-refractivity contribution in [3.8, 4) is 0 Å². The molecule has 0 aliphatic rings. The zero-order valence-corrected chi connectivity index (χ0v) is 52.1. The number of carbonyl (C=O) groups is 2. The van der Waals surface area contributed by atoms with E-state index in [4.69, 9.17) is 24.3 Å². The number of hydrogen-bond donors (Lipinski definition) is 2. The molecule has 0 aliphatic heterocycles. The van der Waals surface area contributed by atoms with Gasteiger partial charge in [0.25, 0.3) is 0 Å². The number of hydrogen-bond acceptors (Lipinski definition) is 8. The van der Waals surface area contributed by atoms with Crippen molar-refractivity contribution in [1.82, 2.24) is 0 Å². The maximum absolute atomic E-state index is 12.7. The molecular weight excluding hydrogens is 1030 g/mol. The molecule has 9 nitrogen and oxygen atoms in total. The Labute approximate surface area is 496 Å². The van der Waals surface area contributed by atoms with Crippen molar-refractivity contribution in [2.45, 2.75) is 251 Å². The van der Waals surface area contributed by atoms with Crippen molar-refractivity contribution in [3.05, 3.63) is 158 Å². The average Bonchev–Trinajstić information content (AvgIpc) is 3.46. The second kappa shape index (κ2) is 64.8. The summed E-state index contributed by atoms with van der Waals surface area (Å²) in [5.41, 5.74) is 5.39. The molecule has 2 unspecified atom stereocenters. The summed E-state index contributed by atoms with van der Waals surface area (Å²) in [6.07, 6.45) is 94.5. The third-order valence-electron chi connectivity index (χ3n) is 12.9. The first-order chi connectivity index (χ1) is 39.8. The molecule has 0 saturated carbocycles. The van der Waals surface area contributed by atoms with Gasteiger partial charge in [0.2, 0.25) is 0 Å². The lowest BCUT2D eigenvalue weighted by Crippen LogP contribution is -2.29. The van der Waals surface area contributed by atoms with E-state index in [0.29, 0.717) is 6.42 Å². The highest BCUT2D eigenvalue weighted by molar-refractivity contribution is 7.47. The van der Waals surface area contributed by atoms with E-state index in [-0.39, 0.29) is 32.6 Å². The van der Waals surface area contributed by atoms with Crippen LogP contribution in [0.5, 0.6) is 0 Å². The maximum Gasteiger partial charge on any atom is 0.472 e. The van der Waals surface area contributed by atoms with Crippen LogP contribution in [0.4, 0.5) is 0 Å². The third kappa shape index (κ3) is 64.7. The highest BCUT2D eigenvalue weighted by atomic mass is 31.2. The van der Waals surface area contributed by atoms with Crippen molar-refractivity contribution >= 4 is 19.8 Å². The SMILES string of the molecule is CC/C=C\C/C=C\C/C=C\C/C=C\C/C=C\C/C=C\C/C=C\C/C=C\C/C=C\C/C=C\C/C=C\CCCCCCCC(=O)OC(COC(=O)CCCCCCCCCCC/C=C\C/C=C\CCCCCCC)COP(=O)(O)OCCN. The quantitative estimate of drug-likeness (QED) is 0.0264. The number of esters is 2. The van der Waals surface area contributed by atoms with Crippen molar-refractivity contribution < 1.29 is 37.6 Å². The minimum absolute atomic E-state index is 0.0413. The van der Waals surface area contributed by atoms with Crippen molar-refractivity contribution in [2.75, 3.05) is 26.4 Å². The molecule has 0 aromatic carbocycles. The Morgan fingerprint density at radius 2 is 0.679 bits per heavy atom. The fourth-order valence-electron chi connectivity index (χ4n) is 8.20. The Morgan fingerprint density at radius 1 is 0.383 bits per heavy atom. The first-order valence-corrected chi connectivity index (χ1v) is 33.5. The van der Waals surface area contributed by atoms with Gasteiger partial charge >= 0.3 is 19.8 Å². The Bertz CT molecular complexity index is 1880. The molecule has 458 valence electrons. The van der Waals surface area contributed by atoms with Gasteiger partial charge in [0.05, 0.1) is 13.2 Å². The van der Waals surface area contributed by atoms with Crippen molar-refractivity contribution in [2.24, 2.45) is 5.73 Å². The topological polar surface area (TPSA) is 134 Å². The van der Waals surface area contributed by atoms with Crippen LogP contribution >= 0.6 is 7.82 Å². The van der Waals surface area contributed by atoms with Gasteiger partial charge < -0.3 is 20.1 Å². The number of rotatable bonds is 58. The van der Waals surface area contributed by atoms with E-state index in [1.54, 1.807) is 0 Å². The molecular formula is C71H116NO8P. The molecule has 0 rings (SSSR count). The van der Waals surface area contributed by atoms with Gasteiger partial charge in [0.15, 0.2) is 6.10 Å². The van der Waals surface area contributed by atoms with E-state index < -0.39 is 32.5 Å². The number of phosphoric ester groups is 1. The van der Waals surface area contributed by atoms with Gasteiger partial charge in [-0.05, 0) is 128 Å². The van der Waals surface area contributed by atoms with Crippen molar-refractivity contribution in [3.63, 3.8) is 0 Å². The Morgan fingerprint density at radius 3 is 1.01 bits per heavy atom. The van der Waals surface area contributed by atoms with Crippen LogP contribution in [0.2, 0.25) is 0 Å². The number of unbranched alkanes of at least 4 members (excludes halogenated alkanes) is 19. The first kappa shape index (κ1) is 76.6. The molecule has 0 spiro atoms. The average molecular weight is 1140 g/mol. The predicted molar refractivity (Wildman–Crippen MR) is 348 cm³/mol. The molecule has 2 atom stereocenters. The van der Waals surface area contributed by atoms with Crippen LogP contribution in [0.15, 0.2) is 158 Å². The fraction of sp³-hybridized carbons (Fsp3) is 0.606. The second-order valence-corrected chi connectivity index (χ2v) is 22.0. The zero-order valence-electron chi connectivity index (χ0n) is 51.2. The molecule has 81 heavy (non-hydrogen) atoms. The standard InChI is InChI=1S/C71H116NO8P/c1-3-5-7-9-11-13-15-17-19-21-23-25-26-27-28-29-30-31-32-33-34-35-36-37-38-39-40-41-42-44-46-48-50-52-54-56-58-60-62-64-71(74)80-69(68-79-81(75,76)78-66-65-72)67-77-70(73)63-61-59-57-55-53-51-49-47-45-43-24-22-20-18-16-14-12-10-8-6-4-2/h5,7,11,13,16-19,22-25,27-28,30-31,33-34,36-37,39-40,42,44,48,50,69H,3-4,6,8-10,12,14-15,20-21,26,29,32,35,38,41,43,45-47,49,51-68,72H2,1-2H3,(H,75,76)/b7-5-,13-11-,18-16-,19-17-,24-22-,25-23-,28-27-,31-30-,34-33-,37-36-,40-39-,44-42-,50-48-. The largest absolute Gasteiger partial charge is 0.472 e. The van der Waals surface area contributed by atoms with E-state index >= 15 is 0 Å².